The van der Waals surface area contributed by atoms with Gasteiger partial charge in [0.1, 0.15) is 5.76 Å². The molecule has 1 saturated heterocycles. The molecule has 0 unspecified atom stereocenters. The van der Waals surface area contributed by atoms with Crippen molar-refractivity contribution in [3.8, 4) is 0 Å². The summed E-state index contributed by atoms with van der Waals surface area (Å²) in [6, 6.07) is 0. The molecule has 1 aromatic heterocycles. The van der Waals surface area contributed by atoms with Crippen LogP contribution in [0.3, 0.4) is 0 Å². The highest BCUT2D eigenvalue weighted by Gasteiger charge is 2.13. The van der Waals surface area contributed by atoms with Crippen LogP contribution in [0.4, 0.5) is 0 Å². The molecule has 106 valence electrons. The number of nitrogens with zero attached hydrogens (tertiary/aromatic N) is 3. The standard InChI is InChI=1S/C13H23N5O/c1-10-12(11(2)19-17-10)9-16-13(14-3)15-5-8-18-6-4-7-18/h4-9H2,1-3H3,(H2,14,15,16). The molecule has 0 atom stereocenters. The number of aromatic nitrogens is 1. The lowest BCUT2D eigenvalue weighted by molar-refractivity contribution is 0.185. The quantitative estimate of drug-likeness (QED) is 0.605. The van der Waals surface area contributed by atoms with Crippen LogP contribution in [0.2, 0.25) is 0 Å². The molecule has 0 aromatic carbocycles. The van der Waals surface area contributed by atoms with Crippen LogP contribution in [0, 0.1) is 13.8 Å². The van der Waals surface area contributed by atoms with E-state index in [-0.39, 0.29) is 0 Å². The van der Waals surface area contributed by atoms with Gasteiger partial charge in [0.2, 0.25) is 0 Å². The summed E-state index contributed by atoms with van der Waals surface area (Å²) in [6.45, 7) is 9.02. The van der Waals surface area contributed by atoms with E-state index in [1.54, 1.807) is 7.05 Å². The minimum Gasteiger partial charge on any atom is -0.361 e. The van der Waals surface area contributed by atoms with Crippen molar-refractivity contribution in [2.75, 3.05) is 33.2 Å². The number of rotatable bonds is 5. The Kier molecular flexibility index (Phi) is 4.79. The number of hydrogen-bond acceptors (Lipinski definition) is 4. The number of aryl methyl sites for hydroxylation is 2. The van der Waals surface area contributed by atoms with Crippen molar-refractivity contribution >= 4 is 5.96 Å². The third kappa shape index (κ3) is 3.70. The monoisotopic (exact) mass is 265 g/mol. The van der Waals surface area contributed by atoms with Crippen molar-refractivity contribution in [1.82, 2.24) is 20.7 Å². The number of hydrogen-bond donors (Lipinski definition) is 2. The average Bonchev–Trinajstić information content (AvgIpc) is 2.66. The Hall–Kier alpha value is -1.56. The minimum atomic E-state index is 0.685. The zero-order valence-electron chi connectivity index (χ0n) is 12.0. The molecule has 1 aliphatic heterocycles. The first-order chi connectivity index (χ1) is 9.20. The first-order valence-corrected chi connectivity index (χ1v) is 6.79. The van der Waals surface area contributed by atoms with Crippen molar-refractivity contribution in [1.29, 1.82) is 0 Å². The van der Waals surface area contributed by atoms with Gasteiger partial charge in [-0.15, -0.1) is 0 Å². The van der Waals surface area contributed by atoms with Gasteiger partial charge in [0.25, 0.3) is 0 Å². The predicted octanol–water partition coefficient (Wildman–Crippen LogP) is 0.662. The smallest absolute Gasteiger partial charge is 0.191 e. The van der Waals surface area contributed by atoms with E-state index >= 15 is 0 Å². The van der Waals surface area contributed by atoms with Gasteiger partial charge < -0.3 is 20.1 Å². The molecule has 0 spiro atoms. The van der Waals surface area contributed by atoms with Gasteiger partial charge in [0.05, 0.1) is 5.69 Å². The third-order valence-corrected chi connectivity index (χ3v) is 3.51. The van der Waals surface area contributed by atoms with Crippen LogP contribution in [-0.4, -0.2) is 49.2 Å². The van der Waals surface area contributed by atoms with E-state index in [0.29, 0.717) is 6.54 Å². The second-order valence-corrected chi connectivity index (χ2v) is 4.85. The third-order valence-electron chi connectivity index (χ3n) is 3.51. The van der Waals surface area contributed by atoms with Crippen molar-refractivity contribution in [2.24, 2.45) is 4.99 Å². The Bertz CT molecular complexity index is 417. The fourth-order valence-corrected chi connectivity index (χ4v) is 2.08. The second-order valence-electron chi connectivity index (χ2n) is 4.85. The van der Waals surface area contributed by atoms with Gasteiger partial charge in [-0.05, 0) is 33.4 Å². The summed E-state index contributed by atoms with van der Waals surface area (Å²) in [4.78, 5) is 6.64. The number of guanidine groups is 1. The van der Waals surface area contributed by atoms with Crippen molar-refractivity contribution in [2.45, 2.75) is 26.8 Å². The van der Waals surface area contributed by atoms with Crippen molar-refractivity contribution in [3.63, 3.8) is 0 Å². The summed E-state index contributed by atoms with van der Waals surface area (Å²) >= 11 is 0. The largest absolute Gasteiger partial charge is 0.361 e. The van der Waals surface area contributed by atoms with E-state index in [1.807, 2.05) is 13.8 Å². The minimum absolute atomic E-state index is 0.685. The molecule has 0 bridgehead atoms. The first kappa shape index (κ1) is 13.9. The predicted molar refractivity (Wildman–Crippen MR) is 75.2 cm³/mol. The summed E-state index contributed by atoms with van der Waals surface area (Å²) in [6.07, 6.45) is 1.33. The molecule has 6 heteroatoms. The normalized spacial score (nSPS) is 16.3. The van der Waals surface area contributed by atoms with Gasteiger partial charge in [-0.25, -0.2) is 0 Å². The van der Waals surface area contributed by atoms with Gasteiger partial charge in [-0.2, -0.15) is 0 Å². The average molecular weight is 265 g/mol. The van der Waals surface area contributed by atoms with E-state index in [0.717, 1.165) is 36.1 Å². The maximum absolute atomic E-state index is 5.14. The Labute approximate surface area is 114 Å². The van der Waals surface area contributed by atoms with Gasteiger partial charge >= 0.3 is 0 Å². The van der Waals surface area contributed by atoms with E-state index in [9.17, 15) is 0 Å². The highest BCUT2D eigenvalue weighted by molar-refractivity contribution is 5.79. The highest BCUT2D eigenvalue weighted by atomic mass is 16.5. The molecule has 6 nitrogen and oxygen atoms in total. The molecule has 19 heavy (non-hydrogen) atoms. The topological polar surface area (TPSA) is 65.7 Å². The summed E-state index contributed by atoms with van der Waals surface area (Å²) in [5.74, 6) is 1.68. The van der Waals surface area contributed by atoms with Crippen molar-refractivity contribution in [3.05, 3.63) is 17.0 Å². The summed E-state index contributed by atoms with van der Waals surface area (Å²) in [5, 5.41) is 10.5. The molecule has 2 N–H and O–H groups in total. The zero-order chi connectivity index (χ0) is 13.7. The number of nitrogens with one attached hydrogen (secondary N) is 2. The maximum atomic E-state index is 5.14. The lowest BCUT2D eigenvalue weighted by Crippen LogP contribution is -2.45. The molecule has 1 aromatic rings. The SMILES string of the molecule is CN=C(NCCN1CCC1)NCc1c(C)noc1C. The van der Waals surface area contributed by atoms with Gasteiger partial charge in [0.15, 0.2) is 5.96 Å². The Balaban J connectivity index is 1.73. The molecule has 0 radical (unpaired) electrons. The van der Waals surface area contributed by atoms with Crippen LogP contribution in [0.5, 0.6) is 0 Å². The highest BCUT2D eigenvalue weighted by Crippen LogP contribution is 2.11. The number of likely N-dealkylation sites (tertiary alicyclic amines) is 1. The lowest BCUT2D eigenvalue weighted by atomic mass is 10.2. The molecule has 2 heterocycles. The Morgan fingerprint density at radius 1 is 1.37 bits per heavy atom. The maximum Gasteiger partial charge on any atom is 0.191 e. The molecule has 2 rings (SSSR count). The van der Waals surface area contributed by atoms with Crippen LogP contribution in [0.25, 0.3) is 0 Å². The molecule has 0 aliphatic carbocycles. The van der Waals surface area contributed by atoms with E-state index in [1.165, 1.54) is 19.5 Å². The van der Waals surface area contributed by atoms with E-state index in [2.05, 4.69) is 25.7 Å². The fraction of sp³-hybridized carbons (Fsp3) is 0.692. The van der Waals surface area contributed by atoms with Crippen LogP contribution in [-0.2, 0) is 6.54 Å². The van der Waals surface area contributed by atoms with Gasteiger partial charge in [0, 0.05) is 32.2 Å². The van der Waals surface area contributed by atoms with Crippen LogP contribution < -0.4 is 10.6 Å². The van der Waals surface area contributed by atoms with Crippen LogP contribution in [0.1, 0.15) is 23.4 Å². The lowest BCUT2D eigenvalue weighted by Gasteiger charge is -2.30. The van der Waals surface area contributed by atoms with Gasteiger partial charge in [-0.3, -0.25) is 4.99 Å². The zero-order valence-corrected chi connectivity index (χ0v) is 12.0. The number of aliphatic imine (C=N–C) groups is 1. The molecular weight excluding hydrogens is 242 g/mol. The summed E-state index contributed by atoms with van der Waals surface area (Å²) < 4.78 is 5.14. The molecular formula is C13H23N5O. The Morgan fingerprint density at radius 2 is 2.16 bits per heavy atom. The first-order valence-electron chi connectivity index (χ1n) is 6.79. The molecule has 0 saturated carbocycles. The molecule has 0 amide bonds. The molecule has 1 aliphatic rings. The second kappa shape index (κ2) is 6.56. The van der Waals surface area contributed by atoms with Gasteiger partial charge in [-0.1, -0.05) is 5.16 Å². The Morgan fingerprint density at radius 3 is 2.68 bits per heavy atom. The molecule has 1 fully saturated rings. The fourth-order valence-electron chi connectivity index (χ4n) is 2.08. The van der Waals surface area contributed by atoms with E-state index in [4.69, 9.17) is 4.52 Å². The van der Waals surface area contributed by atoms with Crippen LogP contribution in [0.15, 0.2) is 9.52 Å². The van der Waals surface area contributed by atoms with E-state index < -0.39 is 0 Å². The van der Waals surface area contributed by atoms with Crippen LogP contribution >= 0.6 is 0 Å². The summed E-state index contributed by atoms with van der Waals surface area (Å²) in [7, 11) is 1.78. The van der Waals surface area contributed by atoms with Crippen molar-refractivity contribution < 1.29 is 4.52 Å². The summed E-state index contributed by atoms with van der Waals surface area (Å²) in [5.41, 5.74) is 2.03.